The molecule has 4 rings (SSSR count). The molecule has 1 saturated heterocycles. The fourth-order valence-electron chi connectivity index (χ4n) is 3.92. The number of ether oxygens (including phenoxy) is 1. The van der Waals surface area contributed by atoms with Crippen LogP contribution >= 0.6 is 11.6 Å². The summed E-state index contributed by atoms with van der Waals surface area (Å²) in [5.74, 6) is -0.236. The van der Waals surface area contributed by atoms with E-state index in [1.807, 2.05) is 0 Å². The summed E-state index contributed by atoms with van der Waals surface area (Å²) in [6.45, 7) is 3.28. The van der Waals surface area contributed by atoms with Gasteiger partial charge in [-0.25, -0.2) is 4.39 Å². The molecular formula is C24H27ClFN5O2. The van der Waals surface area contributed by atoms with Gasteiger partial charge in [0.15, 0.2) is 0 Å². The van der Waals surface area contributed by atoms with Gasteiger partial charge in [-0.2, -0.15) is 5.10 Å². The zero-order chi connectivity index (χ0) is 23.2. The lowest BCUT2D eigenvalue weighted by Crippen LogP contribution is -2.41. The van der Waals surface area contributed by atoms with Crippen molar-refractivity contribution < 1.29 is 13.9 Å². The van der Waals surface area contributed by atoms with Crippen molar-refractivity contribution in [3.05, 3.63) is 65.1 Å². The Hall–Kier alpha value is -2.94. The molecule has 0 unspecified atom stereocenters. The molecule has 1 aromatic heterocycles. The summed E-state index contributed by atoms with van der Waals surface area (Å²) in [7, 11) is 1.79. The predicted molar refractivity (Wildman–Crippen MR) is 127 cm³/mol. The third-order valence-corrected chi connectivity index (χ3v) is 5.88. The van der Waals surface area contributed by atoms with E-state index in [0.717, 1.165) is 32.5 Å². The van der Waals surface area contributed by atoms with Crippen molar-refractivity contribution in [2.24, 2.45) is 7.05 Å². The van der Waals surface area contributed by atoms with Gasteiger partial charge in [-0.15, -0.1) is 0 Å². The van der Waals surface area contributed by atoms with Crippen LogP contribution < -0.4 is 20.7 Å². The summed E-state index contributed by atoms with van der Waals surface area (Å²) >= 11 is 6.40. The number of hydrogen-bond donors (Lipinski definition) is 3. The van der Waals surface area contributed by atoms with Gasteiger partial charge in [0.05, 0.1) is 16.9 Å². The molecule has 1 aliphatic rings. The standard InChI is InChI=1S/C24H27ClFN5O2/c1-31-23(21(25)15-29-31)20-14-19(30-24(32)16-3-2-4-17(26)13-16)5-6-22(20)33-12-11-28-18-7-9-27-10-8-18/h2-6,13-15,18,27-28H,7-12H2,1H3,(H,30,32). The molecule has 3 N–H and O–H groups in total. The van der Waals surface area contributed by atoms with Crippen LogP contribution in [0.2, 0.25) is 5.02 Å². The quantitative estimate of drug-likeness (QED) is 0.435. The van der Waals surface area contributed by atoms with E-state index in [9.17, 15) is 9.18 Å². The Kier molecular flexibility index (Phi) is 7.59. The van der Waals surface area contributed by atoms with Gasteiger partial charge in [-0.05, 0) is 62.3 Å². The minimum atomic E-state index is -0.466. The second-order valence-corrected chi connectivity index (χ2v) is 8.37. The number of aryl methyl sites for hydroxylation is 1. The first-order valence-corrected chi connectivity index (χ1v) is 11.3. The second kappa shape index (κ2) is 10.8. The molecule has 1 aliphatic heterocycles. The number of carbonyl (C=O) groups excluding carboxylic acids is 1. The molecule has 9 heteroatoms. The number of aromatic nitrogens is 2. The lowest BCUT2D eigenvalue weighted by atomic mass is 10.1. The zero-order valence-corrected chi connectivity index (χ0v) is 19.2. The first-order valence-electron chi connectivity index (χ1n) is 11.0. The van der Waals surface area contributed by atoms with Crippen molar-refractivity contribution in [3.63, 3.8) is 0 Å². The number of hydrogen-bond acceptors (Lipinski definition) is 5. The summed E-state index contributed by atoms with van der Waals surface area (Å²) in [5.41, 5.74) is 2.16. The molecule has 0 bridgehead atoms. The van der Waals surface area contributed by atoms with Crippen molar-refractivity contribution in [1.29, 1.82) is 0 Å². The first-order chi connectivity index (χ1) is 16.0. The molecular weight excluding hydrogens is 445 g/mol. The normalized spacial score (nSPS) is 14.3. The van der Waals surface area contributed by atoms with Gasteiger partial charge in [0, 0.05) is 36.4 Å². The molecule has 0 saturated carbocycles. The SMILES string of the molecule is Cn1ncc(Cl)c1-c1cc(NC(=O)c2cccc(F)c2)ccc1OCCNC1CCNCC1. The molecule has 2 aromatic carbocycles. The van der Waals surface area contributed by atoms with E-state index in [1.165, 1.54) is 18.2 Å². The zero-order valence-electron chi connectivity index (χ0n) is 18.4. The van der Waals surface area contributed by atoms with Gasteiger partial charge in [-0.3, -0.25) is 9.48 Å². The number of nitrogens with one attached hydrogen (secondary N) is 3. The van der Waals surface area contributed by atoms with Crippen LogP contribution in [0.3, 0.4) is 0 Å². The van der Waals surface area contributed by atoms with E-state index in [0.29, 0.717) is 40.4 Å². The highest BCUT2D eigenvalue weighted by atomic mass is 35.5. The smallest absolute Gasteiger partial charge is 0.255 e. The largest absolute Gasteiger partial charge is 0.492 e. The Morgan fingerprint density at radius 2 is 2.09 bits per heavy atom. The average Bonchev–Trinajstić information content (AvgIpc) is 3.15. The average molecular weight is 472 g/mol. The molecule has 0 radical (unpaired) electrons. The number of anilines is 1. The molecule has 1 fully saturated rings. The Balaban J connectivity index is 1.50. The van der Waals surface area contributed by atoms with Crippen LogP contribution in [-0.2, 0) is 7.05 Å². The van der Waals surface area contributed by atoms with Crippen molar-refractivity contribution in [2.45, 2.75) is 18.9 Å². The highest BCUT2D eigenvalue weighted by Gasteiger charge is 2.17. The molecule has 3 aromatic rings. The van der Waals surface area contributed by atoms with Crippen LogP contribution in [0.4, 0.5) is 10.1 Å². The number of benzene rings is 2. The molecule has 0 aliphatic carbocycles. The maximum absolute atomic E-state index is 13.5. The van der Waals surface area contributed by atoms with Gasteiger partial charge in [-0.1, -0.05) is 17.7 Å². The summed E-state index contributed by atoms with van der Waals surface area (Å²) in [4.78, 5) is 12.6. The van der Waals surface area contributed by atoms with Gasteiger partial charge in [0.25, 0.3) is 5.91 Å². The topological polar surface area (TPSA) is 80.2 Å². The Morgan fingerprint density at radius 1 is 1.27 bits per heavy atom. The molecule has 2 heterocycles. The summed E-state index contributed by atoms with van der Waals surface area (Å²) in [6, 6.07) is 11.4. The number of nitrogens with zero attached hydrogens (tertiary/aromatic N) is 2. The number of rotatable bonds is 8. The van der Waals surface area contributed by atoms with E-state index in [1.54, 1.807) is 42.2 Å². The maximum Gasteiger partial charge on any atom is 0.255 e. The lowest BCUT2D eigenvalue weighted by Gasteiger charge is -2.24. The van der Waals surface area contributed by atoms with E-state index < -0.39 is 11.7 Å². The van der Waals surface area contributed by atoms with Crippen molar-refractivity contribution in [3.8, 4) is 17.0 Å². The van der Waals surface area contributed by atoms with Crippen molar-refractivity contribution in [1.82, 2.24) is 20.4 Å². The Labute approximate surface area is 197 Å². The van der Waals surface area contributed by atoms with Crippen LogP contribution in [0.15, 0.2) is 48.7 Å². The van der Waals surface area contributed by atoms with Gasteiger partial charge >= 0.3 is 0 Å². The van der Waals surface area contributed by atoms with Gasteiger partial charge in [0.2, 0.25) is 0 Å². The molecule has 1 amide bonds. The van der Waals surface area contributed by atoms with Crippen LogP contribution in [-0.4, -0.2) is 48.0 Å². The predicted octanol–water partition coefficient (Wildman–Crippen LogP) is 3.85. The minimum Gasteiger partial charge on any atom is -0.492 e. The molecule has 7 nitrogen and oxygen atoms in total. The second-order valence-electron chi connectivity index (χ2n) is 7.97. The van der Waals surface area contributed by atoms with E-state index in [4.69, 9.17) is 16.3 Å². The highest BCUT2D eigenvalue weighted by Crippen LogP contribution is 2.36. The van der Waals surface area contributed by atoms with Crippen LogP contribution in [0.5, 0.6) is 5.75 Å². The Morgan fingerprint density at radius 3 is 2.82 bits per heavy atom. The molecule has 0 atom stereocenters. The van der Waals surface area contributed by atoms with E-state index >= 15 is 0 Å². The fraction of sp³-hybridized carbons (Fsp3) is 0.333. The summed E-state index contributed by atoms with van der Waals surface area (Å²) in [5, 5.41) is 14.4. The van der Waals surface area contributed by atoms with Crippen LogP contribution in [0, 0.1) is 5.82 Å². The van der Waals surface area contributed by atoms with Crippen LogP contribution in [0.25, 0.3) is 11.3 Å². The molecule has 33 heavy (non-hydrogen) atoms. The highest BCUT2D eigenvalue weighted by molar-refractivity contribution is 6.33. The van der Waals surface area contributed by atoms with Crippen LogP contribution in [0.1, 0.15) is 23.2 Å². The third-order valence-electron chi connectivity index (χ3n) is 5.61. The molecule has 0 spiro atoms. The van der Waals surface area contributed by atoms with E-state index in [-0.39, 0.29) is 5.56 Å². The monoisotopic (exact) mass is 471 g/mol. The first kappa shape index (κ1) is 23.2. The molecule has 174 valence electrons. The minimum absolute atomic E-state index is 0.236. The lowest BCUT2D eigenvalue weighted by molar-refractivity contribution is 0.102. The Bertz CT molecular complexity index is 1090. The van der Waals surface area contributed by atoms with E-state index in [2.05, 4.69) is 21.0 Å². The van der Waals surface area contributed by atoms with Crippen molar-refractivity contribution >= 4 is 23.2 Å². The van der Waals surface area contributed by atoms with Crippen molar-refractivity contribution in [2.75, 3.05) is 31.6 Å². The number of carbonyl (C=O) groups is 1. The fourth-order valence-corrected chi connectivity index (χ4v) is 4.18. The summed E-state index contributed by atoms with van der Waals surface area (Å²) < 4.78 is 21.2. The number of piperidine rings is 1. The number of halogens is 2. The van der Waals surface area contributed by atoms with Gasteiger partial charge < -0.3 is 20.7 Å². The third kappa shape index (κ3) is 5.90. The maximum atomic E-state index is 13.5. The summed E-state index contributed by atoms with van der Waals surface area (Å²) in [6.07, 6.45) is 3.78. The number of amides is 1. The van der Waals surface area contributed by atoms with Gasteiger partial charge in [0.1, 0.15) is 18.2 Å².